The van der Waals surface area contributed by atoms with E-state index < -0.39 is 216 Å². The lowest BCUT2D eigenvalue weighted by atomic mass is 9.98. The summed E-state index contributed by atoms with van der Waals surface area (Å²) in [6.45, 7) is 12.7. The first-order chi connectivity index (χ1) is 56.2. The molecule has 0 aromatic heterocycles. The fourth-order valence-corrected chi connectivity index (χ4v) is 16.5. The molecule has 7 saturated heterocycles. The number of rotatable bonds is 15. The highest BCUT2D eigenvalue weighted by Crippen LogP contribution is 2.32. The van der Waals surface area contributed by atoms with Crippen molar-refractivity contribution in [2.45, 2.75) is 223 Å². The number of hydrogen-bond acceptors (Lipinski definition) is 19. The maximum Gasteiger partial charge on any atom is 0.329 e. The molecule has 9 N–H and O–H groups in total. The van der Waals surface area contributed by atoms with E-state index in [2.05, 4.69) is 37.2 Å². The Balaban J connectivity index is 0.000000251. The number of urea groups is 1. The molecule has 0 radical (unpaired) electrons. The molecule has 7 aliphatic rings. The second-order valence-corrected chi connectivity index (χ2v) is 32.5. The predicted octanol–water partition coefficient (Wildman–Crippen LogP) is 2.19. The number of anilines is 2. The van der Waals surface area contributed by atoms with Crippen LogP contribution < -0.4 is 42.1 Å². The number of nitrogens with one attached hydrogen (secondary N) is 7. The van der Waals surface area contributed by atoms with Gasteiger partial charge >= 0.3 is 18.0 Å². The first-order valence-corrected chi connectivity index (χ1v) is 40.1. The summed E-state index contributed by atoms with van der Waals surface area (Å²) in [5, 5.41) is 39.8. The number of cyclic esters (lactones) is 2. The van der Waals surface area contributed by atoms with Crippen LogP contribution in [0.5, 0.6) is 0 Å². The number of carbonyl (C=O) groups is 14. The highest BCUT2D eigenvalue weighted by Gasteiger charge is 2.52. The Bertz CT molecular complexity index is 4450. The van der Waals surface area contributed by atoms with E-state index in [0.29, 0.717) is 42.6 Å². The van der Waals surface area contributed by atoms with Crippen LogP contribution in [0.2, 0.25) is 0 Å². The molecule has 13 amide bonds. The van der Waals surface area contributed by atoms with Crippen molar-refractivity contribution in [1.82, 2.24) is 61.3 Å². The maximum atomic E-state index is 14.8. The van der Waals surface area contributed by atoms with Gasteiger partial charge in [-0.25, -0.2) is 31.9 Å². The minimum absolute atomic E-state index is 0.0140. The molecular weight excluding hydrogens is 1560 g/mol. The van der Waals surface area contributed by atoms with Gasteiger partial charge in [-0.2, -0.15) is 0 Å². The average molecular weight is 1660 g/mol. The summed E-state index contributed by atoms with van der Waals surface area (Å²) in [4.78, 5) is 205. The second-order valence-electron chi connectivity index (χ2n) is 32.5. The third-order valence-electron chi connectivity index (χ3n) is 22.6. The van der Waals surface area contributed by atoms with Crippen molar-refractivity contribution in [3.05, 3.63) is 130 Å². The Morgan fingerprint density at radius 3 is 1.50 bits per heavy atom. The van der Waals surface area contributed by atoms with Gasteiger partial charge in [-0.1, -0.05) is 43.7 Å². The Kier molecular flexibility index (Phi) is 29.6. The van der Waals surface area contributed by atoms with Gasteiger partial charge in [-0.05, 0) is 164 Å². The largest absolute Gasteiger partial charge is 0.458 e. The number of aryl methyl sites for hydroxylation is 1. The first kappa shape index (κ1) is 90.0. The van der Waals surface area contributed by atoms with Crippen LogP contribution in [-0.4, -0.2) is 273 Å². The van der Waals surface area contributed by atoms with Crippen LogP contribution in [0.15, 0.2) is 84.9 Å². The Morgan fingerprint density at radius 1 is 0.529 bits per heavy atom. The van der Waals surface area contributed by atoms with Crippen LogP contribution in [0.4, 0.5) is 33.7 Å². The number of aliphatic hydroxyl groups excluding tert-OH is 2. The average Bonchev–Trinajstić information content (AvgIpc) is 1.39. The van der Waals surface area contributed by atoms with E-state index in [1.54, 1.807) is 36.4 Å². The SMILES string of the molecule is C[C@@H]1CC2C(=O)O[C@@H](C)[C@H](NC(=O)[C@H](Cc3cc(F)cc(F)c3)NC(=O)Nc3ccc(N(C)C)cc3)C(=O)N3C[C@H](O)C[C@H]3C(=O)N3CCCC[C@H]3C(=O)N[C@@H](C)C(=O)N2C1.Cc1ccc(CC(=O)N[C@@H](Cc2cc(F)cc(F)c2)C(=O)N[C@@H]2C(=O)N3CCC[C@H]3C(=O)N(C)[C@@H]([C@H](C)O)C(=O)N[C@@H](C)C(=O)N3C[C@H](C)C[C@H]3C(=O)O[C@H]2C)cc1. The first-order valence-electron chi connectivity index (χ1n) is 40.1. The number of nitrogens with zero attached hydrogens (tertiary/aromatic N) is 7. The zero-order valence-electron chi connectivity index (χ0n) is 68.4. The molecule has 644 valence electrons. The lowest BCUT2D eigenvalue weighted by Crippen LogP contribution is -2.63. The minimum Gasteiger partial charge on any atom is -0.458 e. The third kappa shape index (κ3) is 22.2. The Morgan fingerprint density at radius 2 is 0.992 bits per heavy atom. The molecule has 4 aromatic carbocycles. The summed E-state index contributed by atoms with van der Waals surface area (Å²) in [5.74, 6) is -14.0. The predicted molar refractivity (Wildman–Crippen MR) is 421 cm³/mol. The zero-order valence-corrected chi connectivity index (χ0v) is 68.4. The summed E-state index contributed by atoms with van der Waals surface area (Å²) < 4.78 is 69.1. The minimum atomic E-state index is -1.75. The number of ether oxygens (including phenoxy) is 2. The highest BCUT2D eigenvalue weighted by atomic mass is 19.1. The van der Waals surface area contributed by atoms with E-state index in [-0.39, 0.29) is 94.2 Å². The number of aliphatic hydroxyl groups is 2. The van der Waals surface area contributed by atoms with E-state index in [9.17, 15) is 94.9 Å². The van der Waals surface area contributed by atoms with Gasteiger partial charge in [-0.3, -0.25) is 52.7 Å². The molecule has 32 nitrogen and oxygen atoms in total. The van der Waals surface area contributed by atoms with Crippen LogP contribution in [-0.2, 0) is 91.1 Å². The molecule has 11 rings (SSSR count). The monoisotopic (exact) mass is 1660 g/mol. The molecule has 0 aliphatic carbocycles. The molecular formula is C83H106F4N14O18. The topological polar surface area (TPSA) is 405 Å². The number of halogens is 4. The van der Waals surface area contributed by atoms with Gasteiger partial charge in [0.15, 0.2) is 0 Å². The number of piperidine rings is 1. The third-order valence-corrected chi connectivity index (χ3v) is 22.6. The smallest absolute Gasteiger partial charge is 0.329 e. The standard InChI is InChI=1S/C42H54F2N8O9.C41H52F2N6O9/c1-22-14-34-41(59)61-24(3)35(48-36(54)31(17-25-15-26(43)18-27(44)16-25)47-42(60)46-28-9-11-29(12-10-28)49(4)5)40(58)52-21-30(53)19-33(52)39(57)50-13-7-6-8-32(50)37(55)45-23(2)38(56)51(34)20-22;1-21-9-11-26(12-10-21)18-33(51)45-30(17-27-15-28(42)19-29(43)16-27)36(52)46-34-25(5)58-41(57)32-14-22(2)20-49(32)38(54)23(3)44-37(53)35(24(4)50)47(6)39(55)31-8-7-13-48(31)40(34)56/h9-12,15-16,18,22-24,30-35,53H,6-8,13-14,17,19-21H2,1-5H3,(H,45,55)(H,48,54)(H2,46,47,60);9-12,15-16,19,22-25,30-32,34-35,50H,7-8,13-14,17-18,20H2,1-6H3,(H,44,53)(H,45,51)(H,46,52)/t22-,23+,24+,30-,31+,32+,33+,34?,35+;22-,23+,24+,25+,30+,31+,32+,34+,35+/m11/s1. The van der Waals surface area contributed by atoms with E-state index in [1.807, 2.05) is 51.9 Å². The van der Waals surface area contributed by atoms with Crippen molar-refractivity contribution in [3.8, 4) is 0 Å². The number of likely N-dealkylation sites (N-methyl/N-ethyl adjacent to an activating group) is 1. The lowest BCUT2D eigenvalue weighted by Gasteiger charge is -2.39. The van der Waals surface area contributed by atoms with Gasteiger partial charge in [-0.15, -0.1) is 0 Å². The highest BCUT2D eigenvalue weighted by molar-refractivity contribution is 6.01. The van der Waals surface area contributed by atoms with Crippen molar-refractivity contribution >= 4 is 94.3 Å². The molecule has 0 spiro atoms. The summed E-state index contributed by atoms with van der Waals surface area (Å²) in [6.07, 6.45) is -4.28. The summed E-state index contributed by atoms with van der Waals surface area (Å²) in [6, 6.07) is 2.40. The molecule has 1 unspecified atom stereocenters. The molecule has 18 atom stereocenters. The molecule has 7 aliphatic heterocycles. The quantitative estimate of drug-likeness (QED) is 0.0608. The number of hydrogen-bond donors (Lipinski definition) is 9. The Hall–Kier alpha value is -11.3. The van der Waals surface area contributed by atoms with Crippen LogP contribution in [0.1, 0.15) is 122 Å². The van der Waals surface area contributed by atoms with Gasteiger partial charge < -0.3 is 91.2 Å². The molecule has 36 heteroatoms. The van der Waals surface area contributed by atoms with Gasteiger partial charge in [0.2, 0.25) is 65.0 Å². The van der Waals surface area contributed by atoms with Gasteiger partial charge in [0.05, 0.1) is 18.6 Å². The summed E-state index contributed by atoms with van der Waals surface area (Å²) in [7, 11) is 4.98. The van der Waals surface area contributed by atoms with Gasteiger partial charge in [0, 0.05) is 96.6 Å². The maximum absolute atomic E-state index is 14.8. The molecule has 0 saturated carbocycles. The van der Waals surface area contributed by atoms with Crippen molar-refractivity contribution in [1.29, 1.82) is 0 Å². The normalized spacial score (nSPS) is 27.5. The van der Waals surface area contributed by atoms with Crippen molar-refractivity contribution in [2.24, 2.45) is 11.8 Å². The molecule has 7 heterocycles. The summed E-state index contributed by atoms with van der Waals surface area (Å²) >= 11 is 0. The molecule has 0 bridgehead atoms. The molecule has 4 aromatic rings. The van der Waals surface area contributed by atoms with E-state index in [4.69, 9.17) is 9.47 Å². The Labute approximate surface area is 686 Å². The number of esters is 2. The number of amides is 13. The van der Waals surface area contributed by atoms with Crippen molar-refractivity contribution in [3.63, 3.8) is 0 Å². The van der Waals surface area contributed by atoms with E-state index in [0.717, 1.165) is 45.3 Å². The lowest BCUT2D eigenvalue weighted by molar-refractivity contribution is -0.163. The fraction of sp³-hybridized carbons (Fsp3) is 0.542. The molecule has 119 heavy (non-hydrogen) atoms. The van der Waals surface area contributed by atoms with Gasteiger partial charge in [0.1, 0.15) is 108 Å². The number of carbonyl (C=O) groups excluding carboxylic acids is 14. The van der Waals surface area contributed by atoms with Crippen molar-refractivity contribution in [2.75, 3.05) is 64.1 Å². The zero-order chi connectivity index (χ0) is 86.9. The summed E-state index contributed by atoms with van der Waals surface area (Å²) in [5.41, 5.74) is 2.79. The number of benzene rings is 4. The number of fused-ring (bicyclic) bond motifs is 5. The van der Waals surface area contributed by atoms with Crippen LogP contribution in [0.25, 0.3) is 0 Å². The van der Waals surface area contributed by atoms with E-state index >= 15 is 0 Å². The van der Waals surface area contributed by atoms with Crippen LogP contribution in [0.3, 0.4) is 0 Å². The van der Waals surface area contributed by atoms with E-state index in [1.165, 1.54) is 61.3 Å². The van der Waals surface area contributed by atoms with Crippen LogP contribution >= 0.6 is 0 Å². The second kappa shape index (κ2) is 39.1. The van der Waals surface area contributed by atoms with Gasteiger partial charge in [0.25, 0.3) is 0 Å². The van der Waals surface area contributed by atoms with Crippen molar-refractivity contribution < 1.29 is 104 Å². The fourth-order valence-electron chi connectivity index (χ4n) is 16.5. The van der Waals surface area contributed by atoms with Crippen LogP contribution in [0, 0.1) is 42.0 Å². The molecule has 7 fully saturated rings.